The Morgan fingerprint density at radius 1 is 1.00 bits per heavy atom. The predicted octanol–water partition coefficient (Wildman–Crippen LogP) is 4.51. The highest BCUT2D eigenvalue weighted by molar-refractivity contribution is 5.81. The summed E-state index contributed by atoms with van der Waals surface area (Å²) in [7, 11) is 0. The van der Waals surface area contributed by atoms with Crippen LogP contribution < -0.4 is 0 Å². The van der Waals surface area contributed by atoms with Crippen LogP contribution in [0.5, 0.6) is 0 Å². The lowest BCUT2D eigenvalue weighted by Crippen LogP contribution is -1.90. The highest BCUT2D eigenvalue weighted by Crippen LogP contribution is 2.32. The molecular weight excluding hydrogens is 289 g/mol. The summed E-state index contributed by atoms with van der Waals surface area (Å²) in [4.78, 5) is 8.98. The first-order valence-corrected chi connectivity index (χ1v) is 7.37. The minimum absolute atomic E-state index is 0.253. The molecule has 1 aromatic carbocycles. The van der Waals surface area contributed by atoms with Gasteiger partial charge in [0.1, 0.15) is 11.5 Å². The largest absolute Gasteiger partial charge is 0.299 e. The van der Waals surface area contributed by atoms with Gasteiger partial charge >= 0.3 is 0 Å². The zero-order chi connectivity index (χ0) is 15.8. The number of fused-ring (bicyclic) bond motifs is 1. The number of benzene rings is 1. The van der Waals surface area contributed by atoms with Crippen molar-refractivity contribution in [3.8, 4) is 22.5 Å². The lowest BCUT2D eigenvalue weighted by molar-refractivity contribution is 0.628. The minimum Gasteiger partial charge on any atom is -0.299 e. The van der Waals surface area contributed by atoms with Crippen LogP contribution in [0.2, 0.25) is 0 Å². The molecule has 0 unspecified atom stereocenters. The molecule has 23 heavy (non-hydrogen) atoms. The number of halogens is 1. The van der Waals surface area contributed by atoms with Gasteiger partial charge in [0.25, 0.3) is 0 Å². The van der Waals surface area contributed by atoms with E-state index in [1.165, 1.54) is 12.1 Å². The summed E-state index contributed by atoms with van der Waals surface area (Å²) in [5.74, 6) is -0.253. The molecule has 3 heterocycles. The van der Waals surface area contributed by atoms with Crippen LogP contribution in [-0.4, -0.2) is 14.4 Å². The summed E-state index contributed by atoms with van der Waals surface area (Å²) < 4.78 is 15.3. The maximum Gasteiger partial charge on any atom is 0.138 e. The molecule has 3 nitrogen and oxygen atoms in total. The normalized spacial score (nSPS) is 11.0. The van der Waals surface area contributed by atoms with Gasteiger partial charge in [-0.3, -0.25) is 9.38 Å². The molecule has 0 atom stereocenters. The van der Waals surface area contributed by atoms with Gasteiger partial charge in [-0.2, -0.15) is 0 Å². The van der Waals surface area contributed by atoms with Crippen LogP contribution in [0.4, 0.5) is 4.39 Å². The number of aromatic nitrogens is 3. The second-order valence-corrected chi connectivity index (χ2v) is 5.49. The second kappa shape index (κ2) is 5.32. The Kier molecular flexibility index (Phi) is 3.15. The third-order valence-corrected chi connectivity index (χ3v) is 3.83. The van der Waals surface area contributed by atoms with Gasteiger partial charge in [0.15, 0.2) is 0 Å². The van der Waals surface area contributed by atoms with Crippen molar-refractivity contribution in [2.75, 3.05) is 0 Å². The summed E-state index contributed by atoms with van der Waals surface area (Å²) in [6.45, 7) is 2.04. The maximum absolute atomic E-state index is 13.2. The average molecular weight is 303 g/mol. The van der Waals surface area contributed by atoms with Gasteiger partial charge < -0.3 is 0 Å². The Balaban J connectivity index is 2.04. The van der Waals surface area contributed by atoms with Crippen LogP contribution in [0.1, 0.15) is 5.56 Å². The van der Waals surface area contributed by atoms with E-state index in [9.17, 15) is 4.39 Å². The van der Waals surface area contributed by atoms with E-state index >= 15 is 0 Å². The van der Waals surface area contributed by atoms with E-state index in [1.54, 1.807) is 18.3 Å². The van der Waals surface area contributed by atoms with Gasteiger partial charge in [-0.05, 0) is 61.0 Å². The van der Waals surface area contributed by atoms with E-state index in [-0.39, 0.29) is 5.82 Å². The number of nitrogens with zero attached hydrogens (tertiary/aromatic N) is 3. The fourth-order valence-electron chi connectivity index (χ4n) is 2.73. The molecule has 0 saturated carbocycles. The SMILES string of the molecule is Cc1ccn2c(-c3cccnc3)c(-c3ccc(F)cc3)nc2c1. The zero-order valence-electron chi connectivity index (χ0n) is 12.6. The molecule has 4 rings (SSSR count). The van der Waals surface area contributed by atoms with Crippen molar-refractivity contribution >= 4 is 5.65 Å². The van der Waals surface area contributed by atoms with E-state index in [4.69, 9.17) is 4.98 Å². The molecular formula is C19H14FN3. The molecule has 0 bridgehead atoms. The molecule has 0 amide bonds. The van der Waals surface area contributed by atoms with E-state index < -0.39 is 0 Å². The topological polar surface area (TPSA) is 30.2 Å². The molecule has 0 saturated heterocycles. The molecule has 3 aromatic heterocycles. The van der Waals surface area contributed by atoms with E-state index in [0.717, 1.165) is 33.7 Å². The first-order chi connectivity index (χ1) is 11.2. The summed E-state index contributed by atoms with van der Waals surface area (Å²) >= 11 is 0. The van der Waals surface area contributed by atoms with Crippen molar-refractivity contribution in [2.24, 2.45) is 0 Å². The summed E-state index contributed by atoms with van der Waals surface area (Å²) in [5, 5.41) is 0. The van der Waals surface area contributed by atoms with Crippen LogP contribution in [0.25, 0.3) is 28.2 Å². The molecule has 4 aromatic rings. The van der Waals surface area contributed by atoms with Crippen molar-refractivity contribution in [1.82, 2.24) is 14.4 Å². The standard InChI is InChI=1S/C19H14FN3/c1-13-8-10-23-17(11-13)22-18(14-4-6-16(20)7-5-14)19(23)15-3-2-9-21-12-15/h2-12H,1H3. The van der Waals surface area contributed by atoms with E-state index in [0.29, 0.717) is 0 Å². The third-order valence-electron chi connectivity index (χ3n) is 3.83. The fraction of sp³-hybridized carbons (Fsp3) is 0.0526. The van der Waals surface area contributed by atoms with Gasteiger partial charge in [-0.1, -0.05) is 0 Å². The highest BCUT2D eigenvalue weighted by Gasteiger charge is 2.16. The fourth-order valence-corrected chi connectivity index (χ4v) is 2.73. The van der Waals surface area contributed by atoms with Crippen LogP contribution in [0.3, 0.4) is 0 Å². The molecule has 0 spiro atoms. The second-order valence-electron chi connectivity index (χ2n) is 5.49. The summed E-state index contributed by atoms with van der Waals surface area (Å²) in [6, 6.07) is 14.4. The smallest absolute Gasteiger partial charge is 0.138 e. The van der Waals surface area contributed by atoms with Crippen LogP contribution in [0, 0.1) is 12.7 Å². The summed E-state index contributed by atoms with van der Waals surface area (Å²) in [6.07, 6.45) is 5.57. The molecule has 4 heteroatoms. The van der Waals surface area contributed by atoms with Crippen LogP contribution in [0.15, 0.2) is 67.1 Å². The Hall–Kier alpha value is -3.01. The maximum atomic E-state index is 13.2. The molecule has 0 aliphatic heterocycles. The Labute approximate surface area is 133 Å². The number of pyridine rings is 2. The number of hydrogen-bond donors (Lipinski definition) is 0. The molecule has 112 valence electrons. The number of hydrogen-bond acceptors (Lipinski definition) is 2. The van der Waals surface area contributed by atoms with Gasteiger partial charge in [0, 0.05) is 29.7 Å². The van der Waals surface area contributed by atoms with Crippen molar-refractivity contribution < 1.29 is 4.39 Å². The van der Waals surface area contributed by atoms with Crippen LogP contribution in [-0.2, 0) is 0 Å². The van der Waals surface area contributed by atoms with E-state index in [2.05, 4.69) is 4.98 Å². The molecule has 0 radical (unpaired) electrons. The Bertz CT molecular complexity index is 973. The van der Waals surface area contributed by atoms with E-state index in [1.807, 2.05) is 48.0 Å². The first kappa shape index (κ1) is 13.6. The van der Waals surface area contributed by atoms with Crippen molar-refractivity contribution in [3.63, 3.8) is 0 Å². The Morgan fingerprint density at radius 3 is 2.57 bits per heavy atom. The Morgan fingerprint density at radius 2 is 1.83 bits per heavy atom. The lowest BCUT2D eigenvalue weighted by Gasteiger charge is -2.05. The van der Waals surface area contributed by atoms with Crippen molar-refractivity contribution in [3.05, 3.63) is 78.5 Å². The highest BCUT2D eigenvalue weighted by atomic mass is 19.1. The molecule has 0 aliphatic rings. The number of rotatable bonds is 2. The summed E-state index contributed by atoms with van der Waals surface area (Å²) in [5.41, 5.74) is 5.65. The predicted molar refractivity (Wildman–Crippen MR) is 88.6 cm³/mol. The third kappa shape index (κ3) is 2.38. The molecule has 0 N–H and O–H groups in total. The zero-order valence-corrected chi connectivity index (χ0v) is 12.6. The van der Waals surface area contributed by atoms with Gasteiger partial charge in [0.05, 0.1) is 11.4 Å². The van der Waals surface area contributed by atoms with Crippen molar-refractivity contribution in [2.45, 2.75) is 6.92 Å². The van der Waals surface area contributed by atoms with Gasteiger partial charge in [-0.15, -0.1) is 0 Å². The molecule has 0 fully saturated rings. The quantitative estimate of drug-likeness (QED) is 0.545. The molecule has 0 aliphatic carbocycles. The minimum atomic E-state index is -0.253. The van der Waals surface area contributed by atoms with Crippen molar-refractivity contribution in [1.29, 1.82) is 0 Å². The van der Waals surface area contributed by atoms with Gasteiger partial charge in [-0.25, -0.2) is 9.37 Å². The lowest BCUT2D eigenvalue weighted by atomic mass is 10.1. The average Bonchev–Trinajstić information content (AvgIpc) is 2.94. The first-order valence-electron chi connectivity index (χ1n) is 7.37. The number of imidazole rings is 1. The number of aryl methyl sites for hydroxylation is 1. The van der Waals surface area contributed by atoms with Gasteiger partial charge in [0.2, 0.25) is 0 Å². The van der Waals surface area contributed by atoms with Crippen LogP contribution >= 0.6 is 0 Å². The monoisotopic (exact) mass is 303 g/mol.